The van der Waals surface area contributed by atoms with E-state index < -0.39 is 0 Å². The molecule has 0 amide bonds. The van der Waals surface area contributed by atoms with Gasteiger partial charge in [0.1, 0.15) is 10.6 Å². The predicted molar refractivity (Wildman–Crippen MR) is 82.1 cm³/mol. The van der Waals surface area contributed by atoms with Crippen LogP contribution in [0.15, 0.2) is 29.4 Å². The smallest absolute Gasteiger partial charge is 0.350 e. The molecule has 0 aliphatic rings. The number of carbonyl (C=O) groups is 1. The van der Waals surface area contributed by atoms with Crippen molar-refractivity contribution < 1.29 is 14.6 Å². The minimum atomic E-state index is -0.372. The summed E-state index contributed by atoms with van der Waals surface area (Å²) in [4.78, 5) is 16.3. The Morgan fingerprint density at radius 2 is 2.19 bits per heavy atom. The van der Waals surface area contributed by atoms with Crippen LogP contribution in [0.5, 0.6) is 5.75 Å². The van der Waals surface area contributed by atoms with Crippen LogP contribution in [0.3, 0.4) is 0 Å². The van der Waals surface area contributed by atoms with E-state index in [-0.39, 0.29) is 11.7 Å². The normalized spacial score (nSPS) is 10.8. The summed E-state index contributed by atoms with van der Waals surface area (Å²) in [5.41, 5.74) is 4.22. The lowest BCUT2D eigenvalue weighted by Crippen LogP contribution is -2.03. The van der Waals surface area contributed by atoms with Crippen LogP contribution in [0.4, 0.5) is 5.13 Å². The standard InChI is InChI=1S/C14H15N3O3S/c1-3-20-13(19)12-9(2)16-14(21-12)17-15-8-10-4-6-11(18)7-5-10/h4-8,18H,3H2,1-2H3,(H,16,17)/b15-8-. The number of hydrogen-bond donors (Lipinski definition) is 2. The third-order valence-electron chi connectivity index (χ3n) is 2.52. The number of rotatable bonds is 5. The maximum absolute atomic E-state index is 11.7. The van der Waals surface area contributed by atoms with Gasteiger partial charge in [-0.3, -0.25) is 5.43 Å². The molecule has 1 heterocycles. The zero-order chi connectivity index (χ0) is 15.2. The van der Waals surface area contributed by atoms with Crippen molar-refractivity contribution in [2.24, 2.45) is 5.10 Å². The highest BCUT2D eigenvalue weighted by Crippen LogP contribution is 2.23. The van der Waals surface area contributed by atoms with Crippen molar-refractivity contribution >= 4 is 28.7 Å². The van der Waals surface area contributed by atoms with Gasteiger partial charge in [-0.15, -0.1) is 0 Å². The van der Waals surface area contributed by atoms with Gasteiger partial charge < -0.3 is 9.84 Å². The molecule has 0 bridgehead atoms. The molecule has 0 spiro atoms. The maximum Gasteiger partial charge on any atom is 0.350 e. The molecular formula is C14H15N3O3S. The molecule has 2 rings (SSSR count). The highest BCUT2D eigenvalue weighted by atomic mass is 32.1. The second-order valence-corrected chi connectivity index (χ2v) is 5.11. The van der Waals surface area contributed by atoms with Crippen molar-refractivity contribution in [2.45, 2.75) is 13.8 Å². The number of aryl methyl sites for hydroxylation is 1. The van der Waals surface area contributed by atoms with Gasteiger partial charge in [0.25, 0.3) is 0 Å². The molecule has 1 aromatic heterocycles. The van der Waals surface area contributed by atoms with E-state index in [0.29, 0.717) is 22.3 Å². The van der Waals surface area contributed by atoms with Gasteiger partial charge in [-0.25, -0.2) is 9.78 Å². The molecule has 0 aliphatic heterocycles. The molecule has 21 heavy (non-hydrogen) atoms. The second kappa shape index (κ2) is 6.85. The molecule has 0 unspecified atom stereocenters. The van der Waals surface area contributed by atoms with Gasteiger partial charge in [-0.2, -0.15) is 5.10 Å². The lowest BCUT2D eigenvalue weighted by atomic mass is 10.2. The Morgan fingerprint density at radius 3 is 2.86 bits per heavy atom. The number of nitrogens with one attached hydrogen (secondary N) is 1. The third kappa shape index (κ3) is 4.03. The molecule has 7 heteroatoms. The van der Waals surface area contributed by atoms with Gasteiger partial charge in [0.15, 0.2) is 0 Å². The van der Waals surface area contributed by atoms with Gasteiger partial charge in [0.05, 0.1) is 18.5 Å². The monoisotopic (exact) mass is 305 g/mol. The first-order valence-electron chi connectivity index (χ1n) is 6.32. The Bertz CT molecular complexity index is 650. The number of hydrogen-bond acceptors (Lipinski definition) is 7. The zero-order valence-electron chi connectivity index (χ0n) is 11.7. The number of aromatic nitrogens is 1. The second-order valence-electron chi connectivity index (χ2n) is 4.12. The molecule has 1 aromatic carbocycles. The number of phenols is 1. The Labute approximate surface area is 126 Å². The Hall–Kier alpha value is -2.41. The summed E-state index contributed by atoms with van der Waals surface area (Å²) in [5, 5.41) is 13.7. The quantitative estimate of drug-likeness (QED) is 0.504. The summed E-state index contributed by atoms with van der Waals surface area (Å²) < 4.78 is 4.95. The van der Waals surface area contributed by atoms with Gasteiger partial charge >= 0.3 is 5.97 Å². The van der Waals surface area contributed by atoms with E-state index in [1.54, 1.807) is 44.3 Å². The number of esters is 1. The minimum Gasteiger partial charge on any atom is -0.508 e. The van der Waals surface area contributed by atoms with Gasteiger partial charge in [-0.05, 0) is 43.7 Å². The van der Waals surface area contributed by atoms with E-state index in [4.69, 9.17) is 4.74 Å². The number of hydrazone groups is 1. The first kappa shape index (κ1) is 15.0. The van der Waals surface area contributed by atoms with E-state index >= 15 is 0 Å². The zero-order valence-corrected chi connectivity index (χ0v) is 12.5. The molecule has 2 N–H and O–H groups in total. The van der Waals surface area contributed by atoms with E-state index in [9.17, 15) is 9.90 Å². The number of ether oxygens (including phenoxy) is 1. The van der Waals surface area contributed by atoms with E-state index in [1.165, 1.54) is 11.3 Å². The SMILES string of the molecule is CCOC(=O)c1sc(N/N=C\c2ccc(O)cc2)nc1C. The molecule has 0 aliphatic carbocycles. The van der Waals surface area contributed by atoms with E-state index in [2.05, 4.69) is 15.5 Å². The summed E-state index contributed by atoms with van der Waals surface area (Å²) in [5.74, 6) is -0.169. The van der Waals surface area contributed by atoms with Crippen LogP contribution in [0, 0.1) is 6.92 Å². The summed E-state index contributed by atoms with van der Waals surface area (Å²) in [6, 6.07) is 6.62. The fourth-order valence-electron chi connectivity index (χ4n) is 1.55. The van der Waals surface area contributed by atoms with Crippen molar-refractivity contribution in [3.63, 3.8) is 0 Å². The molecule has 0 saturated carbocycles. The highest BCUT2D eigenvalue weighted by Gasteiger charge is 2.15. The number of carbonyl (C=O) groups excluding carboxylic acids is 1. The molecular weight excluding hydrogens is 290 g/mol. The topological polar surface area (TPSA) is 83.8 Å². The molecule has 0 saturated heterocycles. The van der Waals surface area contributed by atoms with Gasteiger partial charge in [0, 0.05) is 0 Å². The van der Waals surface area contributed by atoms with Crippen LogP contribution in [0.25, 0.3) is 0 Å². The summed E-state index contributed by atoms with van der Waals surface area (Å²) >= 11 is 1.19. The molecule has 110 valence electrons. The first-order chi connectivity index (χ1) is 10.1. The lowest BCUT2D eigenvalue weighted by molar-refractivity contribution is 0.0531. The van der Waals surface area contributed by atoms with Crippen LogP contribution in [-0.4, -0.2) is 28.9 Å². The Kier molecular flexibility index (Phi) is 4.89. The summed E-state index contributed by atoms with van der Waals surface area (Å²) in [6.07, 6.45) is 1.60. The van der Waals surface area contributed by atoms with Crippen LogP contribution in [0.2, 0.25) is 0 Å². The van der Waals surface area contributed by atoms with Crippen LogP contribution >= 0.6 is 11.3 Å². The van der Waals surface area contributed by atoms with Crippen LogP contribution < -0.4 is 5.43 Å². The third-order valence-corrected chi connectivity index (χ3v) is 3.57. The molecule has 6 nitrogen and oxygen atoms in total. The molecule has 0 fully saturated rings. The van der Waals surface area contributed by atoms with Crippen molar-refractivity contribution in [3.05, 3.63) is 40.4 Å². The van der Waals surface area contributed by atoms with Crippen molar-refractivity contribution in [1.82, 2.24) is 4.98 Å². The van der Waals surface area contributed by atoms with Gasteiger partial charge in [0.2, 0.25) is 5.13 Å². The number of anilines is 1. The minimum absolute atomic E-state index is 0.203. The number of benzene rings is 1. The fourth-order valence-corrected chi connectivity index (χ4v) is 2.36. The number of phenolic OH excluding ortho intramolecular Hbond substituents is 1. The fraction of sp³-hybridized carbons (Fsp3) is 0.214. The van der Waals surface area contributed by atoms with Crippen molar-refractivity contribution in [1.29, 1.82) is 0 Å². The van der Waals surface area contributed by atoms with E-state index in [0.717, 1.165) is 5.56 Å². The van der Waals surface area contributed by atoms with Crippen LogP contribution in [-0.2, 0) is 4.74 Å². The Morgan fingerprint density at radius 1 is 1.48 bits per heavy atom. The van der Waals surface area contributed by atoms with Crippen molar-refractivity contribution in [3.8, 4) is 5.75 Å². The number of aromatic hydroxyl groups is 1. The maximum atomic E-state index is 11.7. The summed E-state index contributed by atoms with van der Waals surface area (Å²) in [7, 11) is 0. The average Bonchev–Trinajstić information content (AvgIpc) is 2.82. The molecule has 0 radical (unpaired) electrons. The van der Waals surface area contributed by atoms with Crippen LogP contribution in [0.1, 0.15) is 27.9 Å². The predicted octanol–water partition coefficient (Wildman–Crippen LogP) is 2.78. The van der Waals surface area contributed by atoms with Gasteiger partial charge in [-0.1, -0.05) is 11.3 Å². The van der Waals surface area contributed by atoms with E-state index in [1.807, 2.05) is 0 Å². The number of thiazole rings is 1. The highest BCUT2D eigenvalue weighted by molar-refractivity contribution is 7.17. The largest absolute Gasteiger partial charge is 0.508 e. The molecule has 2 aromatic rings. The lowest BCUT2D eigenvalue weighted by Gasteiger charge is -1.97. The first-order valence-corrected chi connectivity index (χ1v) is 7.14. The molecule has 0 atom stereocenters. The summed E-state index contributed by atoms with van der Waals surface area (Å²) in [6.45, 7) is 3.84. The number of nitrogens with zero attached hydrogens (tertiary/aromatic N) is 2. The average molecular weight is 305 g/mol. The Balaban J connectivity index is 2.02. The van der Waals surface area contributed by atoms with Crippen molar-refractivity contribution in [2.75, 3.05) is 12.0 Å².